The maximum atomic E-state index is 9.85. The summed E-state index contributed by atoms with van der Waals surface area (Å²) in [4.78, 5) is 128. The van der Waals surface area contributed by atoms with Crippen LogP contribution in [0, 0.1) is 0 Å². The fourth-order valence-electron chi connectivity index (χ4n) is 1.06. The van der Waals surface area contributed by atoms with Crippen LogP contribution in [0.3, 0.4) is 0 Å². The second-order valence-corrected chi connectivity index (χ2v) is 22.2. The van der Waals surface area contributed by atoms with Crippen LogP contribution in [-0.4, -0.2) is 126 Å². The quantitative estimate of drug-likeness (QED) is 0.0926. The maximum Gasteiger partial charge on any atom is 0.337 e. The van der Waals surface area contributed by atoms with Gasteiger partial charge in [-0.25, -0.2) is 0 Å². The molecule has 0 rings (SSSR count). The summed E-state index contributed by atoms with van der Waals surface area (Å²) in [6.45, 7) is 0.521. The Bertz CT molecular complexity index is 869. The molecule has 21 N–H and O–H groups in total. The highest BCUT2D eigenvalue weighted by Crippen LogP contribution is 2.53. The fourth-order valence-corrected chi connectivity index (χ4v) is 8.74. The molecular weight excluding hydrogens is 760 g/mol. The molecule has 0 aliphatic rings. The van der Waals surface area contributed by atoms with Crippen molar-refractivity contribution in [3.8, 4) is 0 Å². The lowest BCUT2D eigenvalue weighted by Crippen LogP contribution is -2.27. The number of nitrogens with two attached hydrogens (primary N) is 2. The molecule has 0 unspecified atom stereocenters. The van der Waals surface area contributed by atoms with Gasteiger partial charge in [-0.2, -0.15) is 0 Å². The Hall–Kier alpha value is 1.08. The summed E-state index contributed by atoms with van der Waals surface area (Å²) < 4.78 is 78.8. The number of aliphatic hydroxyl groups is 1. The zero-order valence-electron chi connectivity index (χ0n) is 20.4. The SMILES string of the molecule is NCC(O)CN.O=P(O)(O)CP(=O)(O)O.O=P(O)(O)CP(=O)(O)O.O=P(O)(O)CP(=O)(O)O.O=P(O)(O)CP(=O)(O)O. The van der Waals surface area contributed by atoms with E-state index in [0.29, 0.717) is 0 Å². The molecule has 0 atom stereocenters. The Morgan fingerprint density at radius 2 is 0.429 bits per heavy atom. The molecule has 0 aromatic rings. The Kier molecular flexibility index (Phi) is 26.4. The summed E-state index contributed by atoms with van der Waals surface area (Å²) in [5, 5.41) is 8.42. The van der Waals surface area contributed by atoms with Gasteiger partial charge in [0.1, 0.15) is 0 Å². The van der Waals surface area contributed by atoms with E-state index in [0.717, 1.165) is 0 Å². The number of rotatable bonds is 10. The lowest BCUT2D eigenvalue weighted by atomic mass is 10.4. The fraction of sp³-hybridized carbons (Fsp3) is 1.00. The first-order valence-corrected chi connectivity index (χ1v) is 23.5. The van der Waals surface area contributed by atoms with Crippen molar-refractivity contribution in [1.82, 2.24) is 0 Å². The molecule has 0 bridgehead atoms. The molecule has 0 fully saturated rings. The van der Waals surface area contributed by atoms with Crippen LogP contribution in [0.25, 0.3) is 0 Å². The van der Waals surface area contributed by atoms with Gasteiger partial charge in [0.05, 0.1) is 6.10 Å². The zero-order chi connectivity index (χ0) is 35.8. The van der Waals surface area contributed by atoms with Gasteiger partial charge in [0.15, 0.2) is 23.6 Å². The van der Waals surface area contributed by atoms with Gasteiger partial charge in [0.2, 0.25) is 0 Å². The number of aliphatic hydroxyl groups excluding tert-OH is 1. The van der Waals surface area contributed by atoms with E-state index in [2.05, 4.69) is 0 Å². The van der Waals surface area contributed by atoms with Crippen molar-refractivity contribution >= 4 is 60.8 Å². The average molecular weight is 794 g/mol. The minimum absolute atomic E-state index is 0.260. The van der Waals surface area contributed by atoms with E-state index in [9.17, 15) is 36.5 Å². The molecule has 0 spiro atoms. The van der Waals surface area contributed by atoms with E-state index in [1.165, 1.54) is 0 Å². The third-order valence-electron chi connectivity index (χ3n) is 2.02. The standard InChI is InChI=1S/C3H10N2O.4CH6O6P2/c4-1-3(6)2-5;4*2-8(3,4)1-9(5,6)7/h3,6H,1-2,4-5H2;4*1H2,(H2,2,3,4)(H2,5,6,7). The van der Waals surface area contributed by atoms with Crippen LogP contribution in [0.1, 0.15) is 0 Å². The van der Waals surface area contributed by atoms with Gasteiger partial charge in [0, 0.05) is 13.1 Å². The zero-order valence-corrected chi connectivity index (χ0v) is 27.6. The monoisotopic (exact) mass is 794 g/mol. The summed E-state index contributed by atoms with van der Waals surface area (Å²) >= 11 is 0. The Morgan fingerprint density at radius 3 is 0.429 bits per heavy atom. The van der Waals surface area contributed by atoms with Crippen LogP contribution in [0.4, 0.5) is 0 Å². The van der Waals surface area contributed by atoms with Crippen LogP contribution >= 0.6 is 60.8 Å². The molecule has 0 aliphatic carbocycles. The van der Waals surface area contributed by atoms with Gasteiger partial charge >= 0.3 is 60.8 Å². The molecule has 0 aromatic heterocycles. The van der Waals surface area contributed by atoms with Crippen molar-refractivity contribution in [1.29, 1.82) is 0 Å². The van der Waals surface area contributed by atoms with Crippen molar-refractivity contribution < 1.29 is 120 Å². The minimum Gasteiger partial charge on any atom is -0.390 e. The van der Waals surface area contributed by atoms with E-state index < -0.39 is 90.5 Å². The van der Waals surface area contributed by atoms with Crippen molar-refractivity contribution in [2.75, 3.05) is 36.7 Å². The molecule has 0 saturated heterocycles. The Balaban J connectivity index is -0.000000137. The highest BCUT2D eigenvalue weighted by Gasteiger charge is 2.28. The lowest BCUT2D eigenvalue weighted by Gasteiger charge is -2.03. The van der Waals surface area contributed by atoms with E-state index in [4.69, 9.17) is 94.9 Å². The molecule has 27 nitrogen and oxygen atoms in total. The van der Waals surface area contributed by atoms with Crippen LogP contribution < -0.4 is 11.5 Å². The van der Waals surface area contributed by atoms with Crippen molar-refractivity contribution in [2.24, 2.45) is 11.5 Å². The molecule has 42 heavy (non-hydrogen) atoms. The van der Waals surface area contributed by atoms with Gasteiger partial charge in [0.25, 0.3) is 0 Å². The Morgan fingerprint density at radius 1 is 0.333 bits per heavy atom. The third-order valence-corrected chi connectivity index (χ3v) is 13.8. The van der Waals surface area contributed by atoms with Gasteiger partial charge in [-0.3, -0.25) is 36.5 Å². The number of hydrogen-bond donors (Lipinski definition) is 19. The first kappa shape index (κ1) is 52.6. The molecule has 0 amide bonds. The van der Waals surface area contributed by atoms with E-state index >= 15 is 0 Å². The summed E-state index contributed by atoms with van der Waals surface area (Å²) in [6.07, 6.45) is -0.509. The minimum atomic E-state index is -4.55. The third kappa shape index (κ3) is 78.0. The normalized spacial score (nSPS) is 13.2. The predicted molar refractivity (Wildman–Crippen MR) is 140 cm³/mol. The molecule has 35 heteroatoms. The van der Waals surface area contributed by atoms with E-state index in [1.54, 1.807) is 0 Å². The van der Waals surface area contributed by atoms with Crippen LogP contribution in [0.15, 0.2) is 0 Å². The summed E-state index contributed by atoms with van der Waals surface area (Å²) in [6, 6.07) is 0. The molecule has 0 radical (unpaired) electrons. The highest BCUT2D eigenvalue weighted by atomic mass is 31.3. The molecule has 262 valence electrons. The smallest absolute Gasteiger partial charge is 0.337 e. The van der Waals surface area contributed by atoms with Crippen LogP contribution in [-0.2, 0) is 36.5 Å². The first-order chi connectivity index (χ1) is 17.6. The van der Waals surface area contributed by atoms with Gasteiger partial charge in [-0.1, -0.05) is 0 Å². The molecular formula is C7H34N2O25P8. The molecule has 0 heterocycles. The molecule has 0 aromatic carbocycles. The second kappa shape index (κ2) is 21.1. The van der Waals surface area contributed by atoms with Crippen molar-refractivity contribution in [2.45, 2.75) is 6.10 Å². The maximum absolute atomic E-state index is 9.85. The Labute approximate surface area is 235 Å². The summed E-state index contributed by atoms with van der Waals surface area (Å²) in [5.41, 5.74) is 9.91. The largest absolute Gasteiger partial charge is 0.390 e. The predicted octanol–water partition coefficient (Wildman–Crippen LogP) is -4.54. The van der Waals surface area contributed by atoms with Crippen LogP contribution in [0.5, 0.6) is 0 Å². The lowest BCUT2D eigenvalue weighted by molar-refractivity contribution is 0.191. The van der Waals surface area contributed by atoms with Gasteiger partial charge < -0.3 is 94.9 Å². The topological polar surface area (TPSA) is 533 Å². The highest BCUT2D eigenvalue weighted by molar-refractivity contribution is 7.70. The van der Waals surface area contributed by atoms with Gasteiger partial charge in [-0.15, -0.1) is 0 Å². The first-order valence-electron chi connectivity index (χ1n) is 9.08. The van der Waals surface area contributed by atoms with Crippen LogP contribution in [0.2, 0.25) is 0 Å². The average Bonchev–Trinajstić information content (AvgIpc) is 2.49. The van der Waals surface area contributed by atoms with E-state index in [1.807, 2.05) is 0 Å². The summed E-state index contributed by atoms with van der Waals surface area (Å²) in [5.74, 6) is -5.50. The molecule has 0 aliphatic heterocycles. The number of hydrogen-bond acceptors (Lipinski definition) is 11. The van der Waals surface area contributed by atoms with Crippen molar-refractivity contribution in [3.63, 3.8) is 0 Å². The second-order valence-electron chi connectivity index (χ2n) is 7.01. The molecule has 0 saturated carbocycles. The summed E-state index contributed by atoms with van der Waals surface area (Å²) in [7, 11) is -36.4. The van der Waals surface area contributed by atoms with E-state index in [-0.39, 0.29) is 13.1 Å². The van der Waals surface area contributed by atoms with Gasteiger partial charge in [-0.05, 0) is 0 Å². The van der Waals surface area contributed by atoms with Crippen molar-refractivity contribution in [3.05, 3.63) is 0 Å².